The fourth-order valence-electron chi connectivity index (χ4n) is 6.29. The third kappa shape index (κ3) is 6.10. The Morgan fingerprint density at radius 2 is 1.73 bits per heavy atom. The van der Waals surface area contributed by atoms with Gasteiger partial charge in [0.05, 0.1) is 38.5 Å². The molecule has 0 spiro atoms. The summed E-state index contributed by atoms with van der Waals surface area (Å²) in [4.78, 5) is 11.7. The number of carbonyl (C=O) groups excluding carboxylic acids is 1. The number of nitrogens with zero attached hydrogens (tertiary/aromatic N) is 1. The van der Waals surface area contributed by atoms with E-state index in [4.69, 9.17) is 18.9 Å². The first-order chi connectivity index (χ1) is 20.9. The number of methoxy groups -OCH3 is 1. The van der Waals surface area contributed by atoms with E-state index in [2.05, 4.69) is 0 Å². The predicted molar refractivity (Wildman–Crippen MR) is 155 cm³/mol. The van der Waals surface area contributed by atoms with Crippen LogP contribution in [0, 0.1) is 0 Å². The smallest absolute Gasteiger partial charge is 0.417 e. The zero-order chi connectivity index (χ0) is 31.2. The number of esters is 1. The van der Waals surface area contributed by atoms with Crippen molar-refractivity contribution in [2.45, 2.75) is 50.0 Å². The molecule has 234 valence electrons. The van der Waals surface area contributed by atoms with Crippen LogP contribution >= 0.6 is 0 Å². The van der Waals surface area contributed by atoms with Gasteiger partial charge in [-0.3, -0.25) is 4.79 Å². The molecule has 12 heteroatoms. The first kappa shape index (κ1) is 30.3. The van der Waals surface area contributed by atoms with Gasteiger partial charge >= 0.3 is 12.1 Å². The lowest BCUT2D eigenvalue weighted by atomic mass is 9.91. The van der Waals surface area contributed by atoms with E-state index in [1.807, 2.05) is 6.07 Å². The van der Waals surface area contributed by atoms with E-state index >= 15 is 0 Å². The highest BCUT2D eigenvalue weighted by molar-refractivity contribution is 7.88. The van der Waals surface area contributed by atoms with Crippen molar-refractivity contribution in [2.75, 3.05) is 33.1 Å². The molecule has 0 N–H and O–H groups in total. The molecule has 0 amide bonds. The number of rotatable bonds is 8. The Labute approximate surface area is 253 Å². The molecule has 1 aliphatic carbocycles. The van der Waals surface area contributed by atoms with Gasteiger partial charge in [-0.05, 0) is 65.8 Å². The summed E-state index contributed by atoms with van der Waals surface area (Å²) in [5.74, 6) is 1.18. The zero-order valence-corrected chi connectivity index (χ0v) is 25.0. The van der Waals surface area contributed by atoms with Crippen LogP contribution in [0.1, 0.15) is 53.5 Å². The average molecular weight is 632 g/mol. The SMILES string of the molecule is COC(=O)CC1COc2cc(O[C@@H]3CCc4c3ccc(C(F)(F)F)c4-c3ccc(OC4CCN(S(C)(=O)=O)C4)cc3)ccc21. The quantitative estimate of drug-likeness (QED) is 0.287. The number of alkyl halides is 3. The van der Waals surface area contributed by atoms with Gasteiger partial charge in [0.15, 0.2) is 0 Å². The van der Waals surface area contributed by atoms with Gasteiger partial charge in [-0.15, -0.1) is 0 Å². The van der Waals surface area contributed by atoms with Crippen LogP contribution in [0.25, 0.3) is 11.1 Å². The molecule has 0 radical (unpaired) electrons. The van der Waals surface area contributed by atoms with Crippen LogP contribution < -0.4 is 14.2 Å². The van der Waals surface area contributed by atoms with Gasteiger partial charge in [0.1, 0.15) is 29.5 Å². The number of carbonyl (C=O) groups is 1. The zero-order valence-electron chi connectivity index (χ0n) is 24.2. The van der Waals surface area contributed by atoms with Crippen molar-refractivity contribution in [3.05, 3.63) is 76.9 Å². The van der Waals surface area contributed by atoms with E-state index in [-0.39, 0.29) is 36.5 Å². The lowest BCUT2D eigenvalue weighted by Crippen LogP contribution is -2.29. The van der Waals surface area contributed by atoms with E-state index in [1.165, 1.54) is 17.5 Å². The Hall–Kier alpha value is -3.77. The number of hydrogen-bond donors (Lipinski definition) is 0. The first-order valence-electron chi connectivity index (χ1n) is 14.4. The van der Waals surface area contributed by atoms with Crippen molar-refractivity contribution < 1.29 is 45.3 Å². The number of ether oxygens (including phenoxy) is 4. The fourth-order valence-corrected chi connectivity index (χ4v) is 7.16. The van der Waals surface area contributed by atoms with Crippen LogP contribution in [-0.2, 0) is 32.2 Å². The van der Waals surface area contributed by atoms with E-state index in [9.17, 15) is 26.4 Å². The summed E-state index contributed by atoms with van der Waals surface area (Å²) in [6, 6.07) is 14.5. The molecule has 8 nitrogen and oxygen atoms in total. The van der Waals surface area contributed by atoms with Crippen molar-refractivity contribution in [2.24, 2.45) is 0 Å². The summed E-state index contributed by atoms with van der Waals surface area (Å²) in [6.45, 7) is 0.953. The molecular weight excluding hydrogens is 599 g/mol. The molecule has 3 atom stereocenters. The molecule has 1 saturated heterocycles. The molecule has 6 rings (SSSR count). The second-order valence-electron chi connectivity index (χ2n) is 11.4. The normalized spacial score (nSPS) is 21.4. The average Bonchev–Trinajstić information content (AvgIpc) is 3.72. The Kier molecular flexibility index (Phi) is 8.00. The molecule has 3 aromatic carbocycles. The lowest BCUT2D eigenvalue weighted by Gasteiger charge is -2.20. The molecular formula is C32H32F3NO7S. The highest BCUT2D eigenvalue weighted by Crippen LogP contribution is 2.47. The summed E-state index contributed by atoms with van der Waals surface area (Å²) in [5.41, 5.74) is 2.00. The van der Waals surface area contributed by atoms with Crippen LogP contribution in [0.15, 0.2) is 54.6 Å². The summed E-state index contributed by atoms with van der Waals surface area (Å²) in [5, 5.41) is 0. The summed E-state index contributed by atoms with van der Waals surface area (Å²) in [6.07, 6.45) is -2.53. The second-order valence-corrected chi connectivity index (χ2v) is 13.3. The van der Waals surface area contributed by atoms with Crippen LogP contribution in [0.2, 0.25) is 0 Å². The van der Waals surface area contributed by atoms with Crippen LogP contribution in [0.4, 0.5) is 13.2 Å². The molecule has 2 heterocycles. The van der Waals surface area contributed by atoms with E-state index < -0.39 is 27.9 Å². The Morgan fingerprint density at radius 3 is 2.41 bits per heavy atom. The minimum Gasteiger partial charge on any atom is -0.492 e. The number of halogens is 3. The largest absolute Gasteiger partial charge is 0.492 e. The Balaban J connectivity index is 1.23. The molecule has 2 unspecified atom stereocenters. The second kappa shape index (κ2) is 11.6. The van der Waals surface area contributed by atoms with Gasteiger partial charge in [-0.2, -0.15) is 17.5 Å². The van der Waals surface area contributed by atoms with Gasteiger partial charge in [-0.1, -0.05) is 24.3 Å². The van der Waals surface area contributed by atoms with Gasteiger partial charge < -0.3 is 18.9 Å². The monoisotopic (exact) mass is 631 g/mol. The molecule has 2 aliphatic heterocycles. The predicted octanol–water partition coefficient (Wildman–Crippen LogP) is 5.89. The van der Waals surface area contributed by atoms with E-state index in [1.54, 1.807) is 36.4 Å². The first-order valence-corrected chi connectivity index (χ1v) is 16.2. The number of fused-ring (bicyclic) bond motifs is 2. The third-order valence-corrected chi connectivity index (χ3v) is 9.73. The van der Waals surface area contributed by atoms with Crippen molar-refractivity contribution in [1.82, 2.24) is 4.31 Å². The summed E-state index contributed by atoms with van der Waals surface area (Å²) < 4.78 is 90.5. The maximum Gasteiger partial charge on any atom is 0.417 e. The van der Waals surface area contributed by atoms with Crippen molar-refractivity contribution in [3.8, 4) is 28.4 Å². The molecule has 3 aliphatic rings. The van der Waals surface area contributed by atoms with Crippen LogP contribution in [-0.4, -0.2) is 57.9 Å². The van der Waals surface area contributed by atoms with Gasteiger partial charge in [0, 0.05) is 24.1 Å². The Bertz CT molecular complexity index is 1670. The van der Waals surface area contributed by atoms with Crippen LogP contribution in [0.5, 0.6) is 17.2 Å². The maximum atomic E-state index is 14.2. The highest BCUT2D eigenvalue weighted by atomic mass is 32.2. The molecule has 3 aromatic rings. The fraction of sp³-hybridized carbons (Fsp3) is 0.406. The van der Waals surface area contributed by atoms with Crippen molar-refractivity contribution in [1.29, 1.82) is 0 Å². The third-order valence-electron chi connectivity index (χ3n) is 8.46. The minimum atomic E-state index is -4.56. The molecule has 1 fully saturated rings. The van der Waals surface area contributed by atoms with E-state index in [0.717, 1.165) is 17.9 Å². The molecule has 0 bridgehead atoms. The van der Waals surface area contributed by atoms with Gasteiger partial charge in [0.2, 0.25) is 10.0 Å². The van der Waals surface area contributed by atoms with Gasteiger partial charge in [-0.25, -0.2) is 8.42 Å². The summed E-state index contributed by atoms with van der Waals surface area (Å²) >= 11 is 0. The lowest BCUT2D eigenvalue weighted by molar-refractivity contribution is -0.141. The van der Waals surface area contributed by atoms with Gasteiger partial charge in [0.25, 0.3) is 0 Å². The number of hydrogen-bond acceptors (Lipinski definition) is 7. The number of sulfonamides is 1. The standard InChI is InChI=1S/C32H32F3NO7S/c1-40-30(37)15-20-18-41-29-16-22(7-8-24(20)29)43-28-12-10-26-25(28)9-11-27(32(33,34)35)31(26)19-3-5-21(6-4-19)42-23-13-14-36(17-23)44(2,38)39/h3-9,11,16,20,23,28H,10,12-15,17-18H2,1-2H3/t20?,23?,28-/m1/s1. The summed E-state index contributed by atoms with van der Waals surface area (Å²) in [7, 11) is -1.97. The maximum absolute atomic E-state index is 14.2. The topological polar surface area (TPSA) is 91.4 Å². The Morgan fingerprint density at radius 1 is 1.00 bits per heavy atom. The minimum absolute atomic E-state index is 0.112. The van der Waals surface area contributed by atoms with Crippen molar-refractivity contribution >= 4 is 16.0 Å². The molecule has 44 heavy (non-hydrogen) atoms. The molecule has 0 saturated carbocycles. The van der Waals surface area contributed by atoms with Crippen molar-refractivity contribution in [3.63, 3.8) is 0 Å². The highest BCUT2D eigenvalue weighted by Gasteiger charge is 2.38. The van der Waals surface area contributed by atoms with Crippen LogP contribution in [0.3, 0.4) is 0 Å². The number of benzene rings is 3. The molecule has 0 aromatic heterocycles. The van der Waals surface area contributed by atoms with E-state index in [0.29, 0.717) is 66.4 Å².